The summed E-state index contributed by atoms with van der Waals surface area (Å²) in [4.78, 5) is 0. The van der Waals surface area contributed by atoms with Crippen LogP contribution in [0.15, 0.2) is 34.9 Å². The molecular formula is C17H23NO. The monoisotopic (exact) mass is 257 g/mol. The molecule has 2 rings (SSSR count). The largest absolute Gasteiger partial charge is 0.469 e. The molecule has 2 nitrogen and oxygen atoms in total. The quantitative estimate of drug-likeness (QED) is 0.872. The summed E-state index contributed by atoms with van der Waals surface area (Å²) in [6.45, 7) is 9.42. The maximum Gasteiger partial charge on any atom is 0.101 e. The number of aryl methyl sites for hydroxylation is 3. The lowest BCUT2D eigenvalue weighted by molar-refractivity contribution is 0.511. The molecule has 0 spiro atoms. The molecule has 0 aliphatic carbocycles. The standard InChI is InChI=1S/C17H23NO/c1-5-18-17(16-9-14(4)19-11-16)10-15-8-12(2)6-7-13(15)3/h6-9,11,17-18H,5,10H2,1-4H3. The number of benzene rings is 1. The van der Waals surface area contributed by atoms with Crippen LogP contribution in [0, 0.1) is 20.8 Å². The molecule has 0 saturated carbocycles. The molecule has 0 bridgehead atoms. The maximum atomic E-state index is 5.44. The van der Waals surface area contributed by atoms with Crippen LogP contribution >= 0.6 is 0 Å². The Hall–Kier alpha value is -1.54. The van der Waals surface area contributed by atoms with E-state index < -0.39 is 0 Å². The van der Waals surface area contributed by atoms with Gasteiger partial charge in [0, 0.05) is 11.6 Å². The molecule has 102 valence electrons. The Morgan fingerprint density at radius 1 is 1.16 bits per heavy atom. The van der Waals surface area contributed by atoms with Gasteiger partial charge in [-0.3, -0.25) is 0 Å². The van der Waals surface area contributed by atoms with Gasteiger partial charge in [0.15, 0.2) is 0 Å². The molecule has 1 aromatic carbocycles. The van der Waals surface area contributed by atoms with E-state index >= 15 is 0 Å². The third-order valence-electron chi connectivity index (χ3n) is 3.53. The second-order valence-electron chi connectivity index (χ2n) is 5.24. The van der Waals surface area contributed by atoms with Gasteiger partial charge in [-0.25, -0.2) is 0 Å². The van der Waals surface area contributed by atoms with Crippen LogP contribution in [0.5, 0.6) is 0 Å². The van der Waals surface area contributed by atoms with Gasteiger partial charge in [-0.05, 0) is 50.9 Å². The molecule has 1 aromatic heterocycles. The molecule has 0 saturated heterocycles. The Bertz CT molecular complexity index is 542. The second-order valence-corrected chi connectivity index (χ2v) is 5.24. The molecule has 1 heterocycles. The second kappa shape index (κ2) is 6.07. The van der Waals surface area contributed by atoms with Crippen LogP contribution in [0.25, 0.3) is 0 Å². The van der Waals surface area contributed by atoms with E-state index in [0.717, 1.165) is 18.7 Å². The molecule has 0 fully saturated rings. The van der Waals surface area contributed by atoms with Crippen LogP contribution in [-0.4, -0.2) is 6.54 Å². The van der Waals surface area contributed by atoms with Gasteiger partial charge in [0.1, 0.15) is 5.76 Å². The number of hydrogen-bond acceptors (Lipinski definition) is 2. The van der Waals surface area contributed by atoms with Crippen molar-refractivity contribution in [1.29, 1.82) is 0 Å². The van der Waals surface area contributed by atoms with Crippen LogP contribution in [0.4, 0.5) is 0 Å². The van der Waals surface area contributed by atoms with E-state index in [2.05, 4.69) is 50.4 Å². The fraction of sp³-hybridized carbons (Fsp3) is 0.412. The van der Waals surface area contributed by atoms with E-state index in [-0.39, 0.29) is 0 Å². The first-order chi connectivity index (χ1) is 9.10. The molecule has 1 atom stereocenters. The Kier molecular flexibility index (Phi) is 4.43. The lowest BCUT2D eigenvalue weighted by atomic mass is 9.96. The lowest BCUT2D eigenvalue weighted by Gasteiger charge is -2.18. The van der Waals surface area contributed by atoms with Gasteiger partial charge in [0.25, 0.3) is 0 Å². The molecule has 2 aromatic rings. The van der Waals surface area contributed by atoms with Crippen molar-refractivity contribution >= 4 is 0 Å². The number of furan rings is 1. The molecule has 1 unspecified atom stereocenters. The first-order valence-electron chi connectivity index (χ1n) is 6.94. The highest BCUT2D eigenvalue weighted by molar-refractivity contribution is 5.32. The normalized spacial score (nSPS) is 12.6. The Balaban J connectivity index is 2.23. The zero-order valence-corrected chi connectivity index (χ0v) is 12.3. The highest BCUT2D eigenvalue weighted by atomic mass is 16.3. The van der Waals surface area contributed by atoms with Gasteiger partial charge in [-0.2, -0.15) is 0 Å². The zero-order valence-electron chi connectivity index (χ0n) is 12.3. The van der Waals surface area contributed by atoms with Crippen molar-refractivity contribution in [2.24, 2.45) is 0 Å². The number of nitrogens with one attached hydrogen (secondary N) is 1. The summed E-state index contributed by atoms with van der Waals surface area (Å²) < 4.78 is 5.44. The first kappa shape index (κ1) is 13.9. The van der Waals surface area contributed by atoms with Crippen molar-refractivity contribution in [3.63, 3.8) is 0 Å². The summed E-state index contributed by atoms with van der Waals surface area (Å²) in [7, 11) is 0. The average molecular weight is 257 g/mol. The van der Waals surface area contributed by atoms with Gasteiger partial charge in [0.05, 0.1) is 6.26 Å². The molecule has 2 heteroatoms. The summed E-state index contributed by atoms with van der Waals surface area (Å²) in [5.74, 6) is 0.971. The van der Waals surface area contributed by atoms with Gasteiger partial charge >= 0.3 is 0 Å². The molecule has 0 radical (unpaired) electrons. The molecule has 0 aliphatic heterocycles. The number of likely N-dealkylation sites (N-methyl/N-ethyl adjacent to an activating group) is 1. The third kappa shape index (κ3) is 3.48. The van der Waals surface area contributed by atoms with Crippen molar-refractivity contribution in [2.75, 3.05) is 6.54 Å². The molecule has 0 amide bonds. The minimum Gasteiger partial charge on any atom is -0.469 e. The SMILES string of the molecule is CCNC(Cc1cc(C)ccc1C)c1coc(C)c1. The number of hydrogen-bond donors (Lipinski definition) is 1. The fourth-order valence-corrected chi connectivity index (χ4v) is 2.44. The van der Waals surface area contributed by atoms with Crippen LogP contribution in [-0.2, 0) is 6.42 Å². The van der Waals surface area contributed by atoms with Crippen molar-refractivity contribution < 1.29 is 4.42 Å². The first-order valence-corrected chi connectivity index (χ1v) is 6.94. The van der Waals surface area contributed by atoms with Crippen LogP contribution in [0.3, 0.4) is 0 Å². The minimum absolute atomic E-state index is 0.322. The van der Waals surface area contributed by atoms with Crippen LogP contribution in [0.2, 0.25) is 0 Å². The Morgan fingerprint density at radius 2 is 1.95 bits per heavy atom. The van der Waals surface area contributed by atoms with E-state index in [1.807, 2.05) is 13.2 Å². The number of rotatable bonds is 5. The summed E-state index contributed by atoms with van der Waals surface area (Å²) in [6.07, 6.45) is 2.87. The Labute approximate surface area is 115 Å². The average Bonchev–Trinajstić information content (AvgIpc) is 2.80. The summed E-state index contributed by atoms with van der Waals surface area (Å²) >= 11 is 0. The van der Waals surface area contributed by atoms with Crippen molar-refractivity contribution in [2.45, 2.75) is 40.2 Å². The van der Waals surface area contributed by atoms with Gasteiger partial charge in [-0.15, -0.1) is 0 Å². The molecule has 19 heavy (non-hydrogen) atoms. The van der Waals surface area contributed by atoms with E-state index in [4.69, 9.17) is 4.42 Å². The molecular weight excluding hydrogens is 234 g/mol. The van der Waals surface area contributed by atoms with E-state index in [0.29, 0.717) is 6.04 Å². The Morgan fingerprint density at radius 3 is 2.58 bits per heavy atom. The van der Waals surface area contributed by atoms with Gasteiger partial charge < -0.3 is 9.73 Å². The van der Waals surface area contributed by atoms with E-state index in [9.17, 15) is 0 Å². The van der Waals surface area contributed by atoms with Crippen molar-refractivity contribution in [3.8, 4) is 0 Å². The predicted molar refractivity (Wildman–Crippen MR) is 79.5 cm³/mol. The zero-order chi connectivity index (χ0) is 13.8. The summed E-state index contributed by atoms with van der Waals surface area (Å²) in [6, 6.07) is 9.10. The summed E-state index contributed by atoms with van der Waals surface area (Å²) in [5, 5.41) is 3.55. The minimum atomic E-state index is 0.322. The van der Waals surface area contributed by atoms with Crippen LogP contribution < -0.4 is 5.32 Å². The topological polar surface area (TPSA) is 25.2 Å². The third-order valence-corrected chi connectivity index (χ3v) is 3.53. The maximum absolute atomic E-state index is 5.44. The van der Waals surface area contributed by atoms with E-state index in [1.54, 1.807) is 0 Å². The highest BCUT2D eigenvalue weighted by Crippen LogP contribution is 2.23. The fourth-order valence-electron chi connectivity index (χ4n) is 2.44. The van der Waals surface area contributed by atoms with Crippen molar-refractivity contribution in [1.82, 2.24) is 5.32 Å². The van der Waals surface area contributed by atoms with Gasteiger partial charge in [0.2, 0.25) is 0 Å². The predicted octanol–water partition coefficient (Wildman–Crippen LogP) is 4.10. The van der Waals surface area contributed by atoms with Crippen molar-refractivity contribution in [3.05, 3.63) is 58.5 Å². The van der Waals surface area contributed by atoms with Gasteiger partial charge in [-0.1, -0.05) is 30.7 Å². The van der Waals surface area contributed by atoms with E-state index in [1.165, 1.54) is 22.3 Å². The molecule has 0 aliphatic rings. The summed E-state index contributed by atoms with van der Waals surface area (Å²) in [5.41, 5.74) is 5.32. The lowest BCUT2D eigenvalue weighted by Crippen LogP contribution is -2.22. The van der Waals surface area contributed by atoms with Crippen LogP contribution in [0.1, 0.15) is 41.0 Å². The highest BCUT2D eigenvalue weighted by Gasteiger charge is 2.14. The molecule has 1 N–H and O–H groups in total. The smallest absolute Gasteiger partial charge is 0.101 e.